The third-order valence-electron chi connectivity index (χ3n) is 3.05. The van der Waals surface area contributed by atoms with Crippen molar-refractivity contribution in [3.8, 4) is 0 Å². The molecule has 1 aliphatic rings. The van der Waals surface area contributed by atoms with Gasteiger partial charge in [0.1, 0.15) is 10.5 Å². The average Bonchev–Trinajstić information content (AvgIpc) is 2.70. The maximum absolute atomic E-state index is 12.5. The number of thiophene rings is 1. The summed E-state index contributed by atoms with van der Waals surface area (Å²) in [5.74, 6) is 0. The van der Waals surface area contributed by atoms with E-state index in [1.165, 1.54) is 15.6 Å². The third-order valence-corrected chi connectivity index (χ3v) is 7.56. The smallest absolute Gasteiger partial charge is 0.253 e. The van der Waals surface area contributed by atoms with Crippen LogP contribution in [0.1, 0.15) is 24.8 Å². The van der Waals surface area contributed by atoms with Gasteiger partial charge in [0.15, 0.2) is 0 Å². The Labute approximate surface area is 119 Å². The Morgan fingerprint density at radius 1 is 1.50 bits per heavy atom. The molecule has 1 aromatic rings. The molecule has 1 aromatic heterocycles. The predicted octanol–water partition coefficient (Wildman–Crippen LogP) is 2.56. The zero-order chi connectivity index (χ0) is 13.3. The molecule has 7 heteroatoms. The first-order valence-corrected chi connectivity index (χ1v) is 8.75. The molecule has 0 aliphatic carbocycles. The summed E-state index contributed by atoms with van der Waals surface area (Å²) in [6.45, 7) is 2.29. The monoisotopic (exact) mass is 351 g/mol. The van der Waals surface area contributed by atoms with Crippen LogP contribution < -0.4 is 0 Å². The highest BCUT2D eigenvalue weighted by molar-refractivity contribution is 9.11. The first-order valence-electron chi connectivity index (χ1n) is 5.70. The van der Waals surface area contributed by atoms with Crippen LogP contribution in [0.2, 0.25) is 0 Å². The van der Waals surface area contributed by atoms with E-state index in [4.69, 9.17) is 0 Å². The van der Waals surface area contributed by atoms with E-state index in [1.54, 1.807) is 6.07 Å². The van der Waals surface area contributed by atoms with Crippen molar-refractivity contribution in [1.29, 1.82) is 0 Å². The van der Waals surface area contributed by atoms with Gasteiger partial charge < -0.3 is 4.79 Å². The summed E-state index contributed by atoms with van der Waals surface area (Å²) < 4.78 is 27.4. The van der Waals surface area contributed by atoms with Crippen molar-refractivity contribution in [2.45, 2.75) is 36.4 Å². The molecule has 18 heavy (non-hydrogen) atoms. The Kier molecular flexibility index (Phi) is 4.25. The zero-order valence-corrected chi connectivity index (χ0v) is 13.1. The topological polar surface area (TPSA) is 54.5 Å². The number of aldehydes is 1. The summed E-state index contributed by atoms with van der Waals surface area (Å²) >= 11 is 4.53. The van der Waals surface area contributed by atoms with Crippen molar-refractivity contribution in [1.82, 2.24) is 4.31 Å². The molecular weight excluding hydrogens is 338 g/mol. The van der Waals surface area contributed by atoms with E-state index >= 15 is 0 Å². The van der Waals surface area contributed by atoms with Crippen LogP contribution in [0.15, 0.2) is 14.1 Å². The van der Waals surface area contributed by atoms with Crippen molar-refractivity contribution in [3.63, 3.8) is 0 Å². The highest BCUT2D eigenvalue weighted by Gasteiger charge is 2.34. The van der Waals surface area contributed by atoms with Gasteiger partial charge in [-0.2, -0.15) is 4.31 Å². The lowest BCUT2D eigenvalue weighted by molar-refractivity contribution is -0.111. The van der Waals surface area contributed by atoms with Gasteiger partial charge in [0, 0.05) is 6.54 Å². The third kappa shape index (κ3) is 2.54. The molecule has 100 valence electrons. The molecule has 1 aliphatic heterocycles. The van der Waals surface area contributed by atoms with Crippen LogP contribution in [0.25, 0.3) is 0 Å². The summed E-state index contributed by atoms with van der Waals surface area (Å²) in [6.07, 6.45) is 3.08. The van der Waals surface area contributed by atoms with E-state index in [2.05, 4.69) is 15.9 Å². The van der Waals surface area contributed by atoms with Gasteiger partial charge in [-0.15, -0.1) is 11.3 Å². The molecule has 0 N–H and O–H groups in total. The second-order valence-electron chi connectivity index (χ2n) is 4.34. The van der Waals surface area contributed by atoms with Gasteiger partial charge >= 0.3 is 0 Å². The van der Waals surface area contributed by atoms with Crippen LogP contribution in [0.5, 0.6) is 0 Å². The Morgan fingerprint density at radius 3 is 2.78 bits per heavy atom. The highest BCUT2D eigenvalue weighted by atomic mass is 79.9. The molecule has 0 radical (unpaired) electrons. The first kappa shape index (κ1) is 14.2. The van der Waals surface area contributed by atoms with Gasteiger partial charge in [0.2, 0.25) is 0 Å². The van der Waals surface area contributed by atoms with Gasteiger partial charge in [-0.05, 0) is 47.3 Å². The van der Waals surface area contributed by atoms with Crippen LogP contribution in [-0.2, 0) is 14.8 Å². The van der Waals surface area contributed by atoms with E-state index in [0.29, 0.717) is 17.2 Å². The number of hydrogen-bond donors (Lipinski definition) is 0. The predicted molar refractivity (Wildman–Crippen MR) is 74.4 cm³/mol. The molecular formula is C11H14BrNO3S2. The van der Waals surface area contributed by atoms with Gasteiger partial charge in [-0.3, -0.25) is 0 Å². The average molecular weight is 352 g/mol. The quantitative estimate of drug-likeness (QED) is 0.786. The standard InChI is InChI=1S/C11H14BrNO3S2/c1-8-6-10(17-11(8)12)18(15,16)13-5-3-2-4-9(13)7-14/h6-7,9H,2-5H2,1H3. The van der Waals surface area contributed by atoms with Crippen molar-refractivity contribution < 1.29 is 13.2 Å². The number of carbonyl (C=O) groups is 1. The summed E-state index contributed by atoms with van der Waals surface area (Å²) in [5, 5.41) is 0. The Hall–Kier alpha value is -0.240. The number of hydrogen-bond acceptors (Lipinski definition) is 4. The molecule has 0 spiro atoms. The molecule has 0 bridgehead atoms. The minimum atomic E-state index is -3.53. The fourth-order valence-electron chi connectivity index (χ4n) is 2.04. The fraction of sp³-hybridized carbons (Fsp3) is 0.545. The van der Waals surface area contributed by atoms with Crippen molar-refractivity contribution >= 4 is 43.6 Å². The molecule has 0 amide bonds. The maximum atomic E-state index is 12.5. The Morgan fingerprint density at radius 2 is 2.22 bits per heavy atom. The minimum absolute atomic E-state index is 0.306. The van der Waals surface area contributed by atoms with Crippen LogP contribution in [0.4, 0.5) is 0 Å². The van der Waals surface area contributed by atoms with Crippen molar-refractivity contribution in [3.05, 3.63) is 15.4 Å². The molecule has 1 saturated heterocycles. The number of rotatable bonds is 3. The molecule has 1 fully saturated rings. The summed E-state index contributed by atoms with van der Waals surface area (Å²) in [4.78, 5) is 11.0. The van der Waals surface area contributed by atoms with E-state index in [0.717, 1.165) is 28.5 Å². The first-order chi connectivity index (χ1) is 8.46. The van der Waals surface area contributed by atoms with Gasteiger partial charge in [0.05, 0.1) is 9.83 Å². The van der Waals surface area contributed by atoms with Gasteiger partial charge in [0.25, 0.3) is 10.0 Å². The lowest BCUT2D eigenvalue weighted by Gasteiger charge is -2.30. The zero-order valence-electron chi connectivity index (χ0n) is 9.93. The van der Waals surface area contributed by atoms with E-state index in [-0.39, 0.29) is 0 Å². The SMILES string of the molecule is Cc1cc(S(=O)(=O)N2CCCCC2C=O)sc1Br. The Balaban J connectivity index is 2.37. The molecule has 0 saturated carbocycles. The summed E-state index contributed by atoms with van der Waals surface area (Å²) in [6, 6.07) is 1.14. The second kappa shape index (κ2) is 5.40. The number of piperidine rings is 1. The van der Waals surface area contributed by atoms with Crippen LogP contribution in [-0.4, -0.2) is 31.6 Å². The fourth-order valence-corrected chi connectivity index (χ4v) is 6.03. The normalized spacial score (nSPS) is 22.0. The highest BCUT2D eigenvalue weighted by Crippen LogP contribution is 2.34. The largest absolute Gasteiger partial charge is 0.302 e. The van der Waals surface area contributed by atoms with E-state index in [1.807, 2.05) is 6.92 Å². The minimum Gasteiger partial charge on any atom is -0.302 e. The summed E-state index contributed by atoms with van der Waals surface area (Å²) in [5.41, 5.74) is 0.901. The number of sulfonamides is 1. The number of aryl methyl sites for hydroxylation is 1. The van der Waals surface area contributed by atoms with Gasteiger partial charge in [-0.1, -0.05) is 6.42 Å². The molecule has 2 rings (SSSR count). The van der Waals surface area contributed by atoms with Gasteiger partial charge in [-0.25, -0.2) is 8.42 Å². The second-order valence-corrected chi connectivity index (χ2v) is 8.82. The van der Waals surface area contributed by atoms with Crippen molar-refractivity contribution in [2.75, 3.05) is 6.54 Å². The Bertz CT molecular complexity index is 533. The molecule has 4 nitrogen and oxygen atoms in total. The molecule has 1 atom stereocenters. The molecule has 0 aromatic carbocycles. The van der Waals surface area contributed by atoms with E-state index in [9.17, 15) is 13.2 Å². The number of carbonyl (C=O) groups excluding carboxylic acids is 1. The van der Waals surface area contributed by atoms with Crippen molar-refractivity contribution in [2.24, 2.45) is 0 Å². The lowest BCUT2D eigenvalue weighted by Crippen LogP contribution is -2.44. The van der Waals surface area contributed by atoms with Crippen LogP contribution in [0, 0.1) is 6.92 Å². The van der Waals surface area contributed by atoms with E-state index < -0.39 is 16.1 Å². The van der Waals surface area contributed by atoms with Crippen LogP contribution in [0.3, 0.4) is 0 Å². The van der Waals surface area contributed by atoms with Crippen LogP contribution >= 0.6 is 27.3 Å². The molecule has 1 unspecified atom stereocenters. The number of halogens is 1. The summed E-state index contributed by atoms with van der Waals surface area (Å²) in [7, 11) is -3.53. The maximum Gasteiger partial charge on any atom is 0.253 e. The molecule has 2 heterocycles. The lowest BCUT2D eigenvalue weighted by atomic mass is 10.1. The number of nitrogens with zero attached hydrogens (tertiary/aromatic N) is 1.